The average molecular weight is 390 g/mol. The van der Waals surface area contributed by atoms with E-state index in [2.05, 4.69) is 5.10 Å². The molecule has 0 saturated heterocycles. The average Bonchev–Trinajstić information content (AvgIpc) is 2.95. The van der Waals surface area contributed by atoms with Gasteiger partial charge in [-0.25, -0.2) is 4.79 Å². The summed E-state index contributed by atoms with van der Waals surface area (Å²) < 4.78 is 1.39. The Balaban J connectivity index is 2.32. The standard InChI is InChI=1S/C15H17Cl2N3OS2/c1-4-19(5-2)15(21)20-9-13(22-3)14(18-20)23-12-8-10(16)6-7-11(12)17/h6-9H,4-5H2,1-3H3. The maximum atomic E-state index is 12.4. The number of halogens is 2. The molecule has 0 spiro atoms. The van der Waals surface area contributed by atoms with Gasteiger partial charge in [-0.3, -0.25) is 0 Å². The highest BCUT2D eigenvalue weighted by atomic mass is 35.5. The van der Waals surface area contributed by atoms with Crippen molar-refractivity contribution in [1.29, 1.82) is 0 Å². The van der Waals surface area contributed by atoms with Crippen LogP contribution < -0.4 is 0 Å². The molecule has 0 N–H and O–H groups in total. The zero-order chi connectivity index (χ0) is 17.0. The van der Waals surface area contributed by atoms with Crippen molar-refractivity contribution < 1.29 is 4.79 Å². The molecule has 2 rings (SSSR count). The lowest BCUT2D eigenvalue weighted by atomic mass is 10.4. The first-order valence-corrected chi connectivity index (χ1v) is 9.85. The first-order valence-electron chi connectivity index (χ1n) is 7.06. The summed E-state index contributed by atoms with van der Waals surface area (Å²) in [7, 11) is 0. The fraction of sp³-hybridized carbons (Fsp3) is 0.333. The van der Waals surface area contributed by atoms with Gasteiger partial charge >= 0.3 is 6.03 Å². The van der Waals surface area contributed by atoms with Crippen LogP contribution in [0.25, 0.3) is 0 Å². The second kappa shape index (κ2) is 8.33. The van der Waals surface area contributed by atoms with Crippen LogP contribution in [0.1, 0.15) is 13.8 Å². The van der Waals surface area contributed by atoms with Crippen molar-refractivity contribution in [3.63, 3.8) is 0 Å². The molecule has 1 amide bonds. The second-order valence-electron chi connectivity index (χ2n) is 4.58. The van der Waals surface area contributed by atoms with Gasteiger partial charge in [-0.05, 0) is 38.3 Å². The van der Waals surface area contributed by atoms with E-state index in [1.807, 2.05) is 20.1 Å². The number of carbonyl (C=O) groups is 1. The number of nitrogens with zero attached hydrogens (tertiary/aromatic N) is 3. The highest BCUT2D eigenvalue weighted by molar-refractivity contribution is 8.02. The molecule has 4 nitrogen and oxygen atoms in total. The summed E-state index contributed by atoms with van der Waals surface area (Å²) in [5, 5.41) is 6.39. The molecule has 0 saturated carbocycles. The van der Waals surface area contributed by atoms with E-state index in [9.17, 15) is 4.79 Å². The molecule has 0 radical (unpaired) electrons. The van der Waals surface area contributed by atoms with Gasteiger partial charge in [0, 0.05) is 23.0 Å². The summed E-state index contributed by atoms with van der Waals surface area (Å²) in [5.74, 6) is 0. The van der Waals surface area contributed by atoms with E-state index < -0.39 is 0 Å². The third-order valence-electron chi connectivity index (χ3n) is 3.20. The third-order valence-corrected chi connectivity index (χ3v) is 5.80. The minimum absolute atomic E-state index is 0.130. The van der Waals surface area contributed by atoms with Crippen LogP contribution in [0.5, 0.6) is 0 Å². The summed E-state index contributed by atoms with van der Waals surface area (Å²) in [6, 6.07) is 5.16. The molecule has 2 aromatic rings. The summed E-state index contributed by atoms with van der Waals surface area (Å²) >= 11 is 15.2. The van der Waals surface area contributed by atoms with E-state index >= 15 is 0 Å². The molecular weight excluding hydrogens is 373 g/mol. The van der Waals surface area contributed by atoms with Crippen molar-refractivity contribution in [2.24, 2.45) is 0 Å². The summed E-state index contributed by atoms with van der Waals surface area (Å²) in [6.07, 6.45) is 3.71. The highest BCUT2D eigenvalue weighted by Gasteiger charge is 2.18. The first-order chi connectivity index (χ1) is 11.0. The van der Waals surface area contributed by atoms with E-state index in [4.69, 9.17) is 23.2 Å². The summed E-state index contributed by atoms with van der Waals surface area (Å²) in [6.45, 7) is 5.18. The van der Waals surface area contributed by atoms with Crippen LogP contribution in [-0.2, 0) is 0 Å². The molecule has 0 atom stereocenters. The number of thioether (sulfide) groups is 1. The van der Waals surface area contributed by atoms with E-state index in [0.29, 0.717) is 23.1 Å². The number of amides is 1. The third kappa shape index (κ3) is 4.38. The maximum Gasteiger partial charge on any atom is 0.344 e. The fourth-order valence-electron chi connectivity index (χ4n) is 1.95. The maximum absolute atomic E-state index is 12.4. The van der Waals surface area contributed by atoms with Gasteiger partial charge in [0.15, 0.2) is 0 Å². The SMILES string of the molecule is CCN(CC)C(=O)n1cc(SC)c(Sc2cc(Cl)ccc2Cl)n1. The van der Waals surface area contributed by atoms with Crippen LogP contribution >= 0.6 is 46.7 Å². The zero-order valence-electron chi connectivity index (χ0n) is 13.0. The molecule has 8 heteroatoms. The van der Waals surface area contributed by atoms with E-state index in [1.165, 1.54) is 28.2 Å². The van der Waals surface area contributed by atoms with Crippen LogP contribution in [0.3, 0.4) is 0 Å². The minimum atomic E-state index is -0.130. The molecule has 0 bridgehead atoms. The van der Waals surface area contributed by atoms with E-state index in [0.717, 1.165) is 14.8 Å². The molecule has 0 aliphatic carbocycles. The lowest BCUT2D eigenvalue weighted by molar-refractivity contribution is 0.201. The quantitative estimate of drug-likeness (QED) is 0.643. The zero-order valence-corrected chi connectivity index (χ0v) is 16.2. The van der Waals surface area contributed by atoms with Gasteiger partial charge in [0.1, 0.15) is 5.03 Å². The van der Waals surface area contributed by atoms with Crippen molar-refractivity contribution in [3.05, 3.63) is 34.4 Å². The molecule has 1 aromatic heterocycles. The van der Waals surface area contributed by atoms with Gasteiger partial charge in [-0.1, -0.05) is 35.0 Å². The molecular formula is C15H17Cl2N3OS2. The van der Waals surface area contributed by atoms with Crippen LogP contribution in [0.4, 0.5) is 4.79 Å². The van der Waals surface area contributed by atoms with Crippen molar-refractivity contribution in [2.45, 2.75) is 28.7 Å². The number of hydrogen-bond donors (Lipinski definition) is 0. The number of carbonyl (C=O) groups excluding carboxylic acids is 1. The Morgan fingerprint density at radius 2 is 1.96 bits per heavy atom. The Morgan fingerprint density at radius 3 is 2.57 bits per heavy atom. The molecule has 124 valence electrons. The van der Waals surface area contributed by atoms with Crippen molar-refractivity contribution in [2.75, 3.05) is 19.3 Å². The molecule has 0 fully saturated rings. The Bertz CT molecular complexity index is 702. The van der Waals surface area contributed by atoms with Gasteiger partial charge < -0.3 is 4.90 Å². The number of hydrogen-bond acceptors (Lipinski definition) is 4. The van der Waals surface area contributed by atoms with Crippen LogP contribution in [0.15, 0.2) is 39.2 Å². The topological polar surface area (TPSA) is 38.1 Å². The summed E-state index contributed by atoms with van der Waals surface area (Å²) in [4.78, 5) is 15.9. The summed E-state index contributed by atoms with van der Waals surface area (Å²) in [5.41, 5.74) is 0. The number of aromatic nitrogens is 2. The van der Waals surface area contributed by atoms with Gasteiger partial charge in [0.25, 0.3) is 0 Å². The molecule has 0 unspecified atom stereocenters. The normalized spacial score (nSPS) is 10.8. The van der Waals surface area contributed by atoms with E-state index in [-0.39, 0.29) is 6.03 Å². The number of benzene rings is 1. The largest absolute Gasteiger partial charge is 0.344 e. The Kier molecular flexibility index (Phi) is 6.71. The Morgan fingerprint density at radius 1 is 1.26 bits per heavy atom. The molecule has 0 aliphatic heterocycles. The smallest absolute Gasteiger partial charge is 0.323 e. The monoisotopic (exact) mass is 389 g/mol. The van der Waals surface area contributed by atoms with Gasteiger partial charge in [-0.15, -0.1) is 11.8 Å². The van der Waals surface area contributed by atoms with Crippen molar-refractivity contribution >= 4 is 52.8 Å². The van der Waals surface area contributed by atoms with Gasteiger partial charge in [0.05, 0.1) is 16.1 Å². The minimum Gasteiger partial charge on any atom is -0.323 e. The lowest BCUT2D eigenvalue weighted by Crippen LogP contribution is -2.34. The second-order valence-corrected chi connectivity index (χ2v) is 7.30. The van der Waals surface area contributed by atoms with Gasteiger partial charge in [0.2, 0.25) is 0 Å². The van der Waals surface area contributed by atoms with Crippen molar-refractivity contribution in [3.8, 4) is 0 Å². The predicted octanol–water partition coefficient (Wildman–Crippen LogP) is 5.37. The molecule has 23 heavy (non-hydrogen) atoms. The lowest BCUT2D eigenvalue weighted by Gasteiger charge is -2.17. The molecule has 0 aliphatic rings. The highest BCUT2D eigenvalue weighted by Crippen LogP contribution is 2.38. The first kappa shape index (κ1) is 18.5. The molecule has 1 aromatic carbocycles. The van der Waals surface area contributed by atoms with Crippen molar-refractivity contribution in [1.82, 2.24) is 14.7 Å². The Hall–Kier alpha value is -0.820. The number of rotatable bonds is 5. The van der Waals surface area contributed by atoms with Crippen LogP contribution in [0, 0.1) is 0 Å². The van der Waals surface area contributed by atoms with Gasteiger partial charge in [-0.2, -0.15) is 9.78 Å². The molecule has 1 heterocycles. The van der Waals surface area contributed by atoms with Crippen LogP contribution in [-0.4, -0.2) is 40.1 Å². The van der Waals surface area contributed by atoms with Crippen LogP contribution in [0.2, 0.25) is 10.0 Å². The Labute approximate surface area is 154 Å². The predicted molar refractivity (Wildman–Crippen MR) is 98.3 cm³/mol. The fourth-order valence-corrected chi connectivity index (χ4v) is 4.06. The van der Waals surface area contributed by atoms with E-state index in [1.54, 1.807) is 29.3 Å².